The summed E-state index contributed by atoms with van der Waals surface area (Å²) in [7, 11) is 1.60. The molecule has 2 heterocycles. The second kappa shape index (κ2) is 9.19. The lowest BCUT2D eigenvalue weighted by Crippen LogP contribution is -2.45. The van der Waals surface area contributed by atoms with Crippen LogP contribution in [-0.2, 0) is 4.79 Å². The minimum absolute atomic E-state index is 0.171. The molecule has 4 rings (SSSR count). The molecule has 1 amide bonds. The summed E-state index contributed by atoms with van der Waals surface area (Å²) in [5.41, 5.74) is 1.75. The Hall–Kier alpha value is -3.03. The second-order valence-electron chi connectivity index (χ2n) is 7.58. The summed E-state index contributed by atoms with van der Waals surface area (Å²) < 4.78 is 6.11. The van der Waals surface area contributed by atoms with Gasteiger partial charge in [-0.1, -0.05) is 48.5 Å². The monoisotopic (exact) mass is 406 g/mol. The van der Waals surface area contributed by atoms with Gasteiger partial charge < -0.3 is 15.2 Å². The van der Waals surface area contributed by atoms with Crippen LogP contribution >= 0.6 is 0 Å². The number of nitrogens with one attached hydrogen (secondary N) is 1. The molecule has 1 aliphatic rings. The van der Waals surface area contributed by atoms with E-state index in [2.05, 4.69) is 20.2 Å². The van der Waals surface area contributed by atoms with Gasteiger partial charge in [-0.25, -0.2) is 4.98 Å². The number of para-hydroxylation sites is 1. The van der Waals surface area contributed by atoms with E-state index < -0.39 is 6.10 Å². The Morgan fingerprint density at radius 3 is 2.73 bits per heavy atom. The number of likely N-dealkylation sites (tertiary alicyclic amines) is 1. The highest BCUT2D eigenvalue weighted by atomic mass is 16.5. The highest BCUT2D eigenvalue weighted by molar-refractivity contribution is 5.82. The number of ether oxygens (including phenoxy) is 1. The molecular weight excluding hydrogens is 380 g/mol. The number of aromatic nitrogens is 2. The molecule has 2 N–H and O–H groups in total. The van der Waals surface area contributed by atoms with Crippen LogP contribution in [0.25, 0.3) is 10.9 Å². The fourth-order valence-corrected chi connectivity index (χ4v) is 3.92. The topological polar surface area (TPSA) is 87.6 Å². The van der Waals surface area contributed by atoms with Gasteiger partial charge in [0.15, 0.2) is 6.10 Å². The van der Waals surface area contributed by atoms with E-state index >= 15 is 0 Å². The van der Waals surface area contributed by atoms with Gasteiger partial charge >= 0.3 is 6.01 Å². The Balaban J connectivity index is 1.65. The maximum Gasteiger partial charge on any atom is 0.317 e. The third kappa shape index (κ3) is 4.58. The third-order valence-electron chi connectivity index (χ3n) is 5.50. The molecule has 2 aromatic carbocycles. The average molecular weight is 406 g/mol. The number of carbonyl (C=O) groups excluding carboxylic acids is 1. The van der Waals surface area contributed by atoms with E-state index in [0.29, 0.717) is 13.1 Å². The lowest BCUT2D eigenvalue weighted by atomic mass is 9.92. The quantitative estimate of drug-likeness (QED) is 0.624. The van der Waals surface area contributed by atoms with Crippen molar-refractivity contribution in [2.75, 3.05) is 26.7 Å². The first kappa shape index (κ1) is 20.3. The highest BCUT2D eigenvalue weighted by Gasteiger charge is 2.35. The van der Waals surface area contributed by atoms with E-state index in [1.54, 1.807) is 13.2 Å². The van der Waals surface area contributed by atoms with Crippen molar-refractivity contribution in [3.8, 4) is 6.01 Å². The minimum Gasteiger partial charge on any atom is -0.449 e. The zero-order valence-corrected chi connectivity index (χ0v) is 16.9. The molecule has 0 radical (unpaired) electrons. The molecule has 0 bridgehead atoms. The number of fused-ring (bicyclic) bond motifs is 1. The number of hydrogen-bond donors (Lipinski definition) is 2. The summed E-state index contributed by atoms with van der Waals surface area (Å²) in [5.74, 6) is -0.480. The number of likely N-dealkylation sites (N-methyl/N-ethyl adjacent to an activating group) is 1. The molecule has 3 atom stereocenters. The molecule has 3 aromatic rings. The fourth-order valence-electron chi connectivity index (χ4n) is 3.92. The number of nitrogens with zero attached hydrogens (tertiary/aromatic N) is 3. The first-order valence-corrected chi connectivity index (χ1v) is 10.2. The van der Waals surface area contributed by atoms with Crippen molar-refractivity contribution >= 4 is 16.8 Å². The highest BCUT2D eigenvalue weighted by Crippen LogP contribution is 2.27. The van der Waals surface area contributed by atoms with Gasteiger partial charge in [0.25, 0.3) is 5.91 Å². The van der Waals surface area contributed by atoms with Crippen LogP contribution in [0.1, 0.15) is 17.9 Å². The molecule has 0 aliphatic carbocycles. The van der Waals surface area contributed by atoms with Crippen LogP contribution in [0, 0.1) is 0 Å². The molecule has 1 saturated heterocycles. The average Bonchev–Trinajstić information content (AvgIpc) is 3.20. The first-order chi connectivity index (χ1) is 14.6. The molecule has 1 aliphatic heterocycles. The minimum atomic E-state index is -0.809. The lowest BCUT2D eigenvalue weighted by molar-refractivity contribution is -0.129. The van der Waals surface area contributed by atoms with Gasteiger partial charge in [-0.2, -0.15) is 4.98 Å². The molecule has 7 nitrogen and oxygen atoms in total. The largest absolute Gasteiger partial charge is 0.449 e. The Kier molecular flexibility index (Phi) is 6.21. The number of rotatable bonds is 7. The number of aliphatic hydroxyl groups is 1. The maximum atomic E-state index is 12.9. The zero-order valence-electron chi connectivity index (χ0n) is 16.9. The van der Waals surface area contributed by atoms with Gasteiger partial charge in [-0.15, -0.1) is 0 Å². The summed E-state index contributed by atoms with van der Waals surface area (Å²) in [4.78, 5) is 23.8. The molecule has 0 spiro atoms. The van der Waals surface area contributed by atoms with E-state index in [0.717, 1.165) is 29.4 Å². The van der Waals surface area contributed by atoms with Crippen LogP contribution in [0.3, 0.4) is 0 Å². The van der Waals surface area contributed by atoms with Crippen molar-refractivity contribution in [2.24, 2.45) is 0 Å². The Labute approximate surface area is 175 Å². The van der Waals surface area contributed by atoms with Crippen molar-refractivity contribution in [3.05, 3.63) is 66.4 Å². The molecule has 0 saturated carbocycles. The van der Waals surface area contributed by atoms with Gasteiger partial charge in [0.2, 0.25) is 0 Å². The standard InChI is InChI=1S/C23H26N4O3/c1-24-22(29)21(30-23-25-13-17-9-5-6-10-20(17)26-23)19(16-7-3-2-4-8-16)15-27-12-11-18(28)14-27/h2-10,13,18-19,21,28H,11-12,14-15H2,1H3,(H,24,29)/t18-,19+,21?/m0/s1. The first-order valence-electron chi connectivity index (χ1n) is 10.2. The summed E-state index contributed by atoms with van der Waals surface area (Å²) in [6, 6.07) is 17.7. The summed E-state index contributed by atoms with van der Waals surface area (Å²) in [5, 5.41) is 13.6. The van der Waals surface area contributed by atoms with Crippen LogP contribution in [0.4, 0.5) is 0 Å². The Morgan fingerprint density at radius 1 is 1.23 bits per heavy atom. The second-order valence-corrected chi connectivity index (χ2v) is 7.58. The van der Waals surface area contributed by atoms with Gasteiger partial charge in [0, 0.05) is 44.2 Å². The van der Waals surface area contributed by atoms with Crippen LogP contribution < -0.4 is 10.1 Å². The third-order valence-corrected chi connectivity index (χ3v) is 5.50. The van der Waals surface area contributed by atoms with Gasteiger partial charge in [0.05, 0.1) is 11.6 Å². The normalized spacial score (nSPS) is 18.8. The van der Waals surface area contributed by atoms with E-state index in [1.165, 1.54) is 0 Å². The lowest BCUT2D eigenvalue weighted by Gasteiger charge is -2.29. The molecule has 1 fully saturated rings. The van der Waals surface area contributed by atoms with Gasteiger partial charge in [-0.05, 0) is 18.1 Å². The molecular formula is C23H26N4O3. The predicted octanol–water partition coefficient (Wildman–Crippen LogP) is 1.97. The Morgan fingerprint density at radius 2 is 2.00 bits per heavy atom. The van der Waals surface area contributed by atoms with Crippen molar-refractivity contribution in [2.45, 2.75) is 24.5 Å². The SMILES string of the molecule is CNC(=O)C(Oc1ncc2ccccc2n1)[C@H](CN1CC[C@H](O)C1)c1ccccc1. The maximum absolute atomic E-state index is 12.9. The molecule has 1 aromatic heterocycles. The van der Waals surface area contributed by atoms with Crippen molar-refractivity contribution in [1.29, 1.82) is 0 Å². The van der Waals surface area contributed by atoms with Gasteiger partial charge in [-0.3, -0.25) is 9.69 Å². The summed E-state index contributed by atoms with van der Waals surface area (Å²) in [6.45, 7) is 1.97. The number of β-amino-alcohol motifs (C(OH)–C–C–N with tert-alkyl or cyclic N) is 1. The fraction of sp³-hybridized carbons (Fsp3) is 0.348. The number of hydrogen-bond acceptors (Lipinski definition) is 6. The van der Waals surface area contributed by atoms with Gasteiger partial charge in [0.1, 0.15) is 0 Å². The molecule has 156 valence electrons. The van der Waals surface area contributed by atoms with Crippen LogP contribution in [-0.4, -0.2) is 64.8 Å². The molecule has 7 heteroatoms. The number of carbonyl (C=O) groups is 1. The van der Waals surface area contributed by atoms with Crippen molar-refractivity contribution in [3.63, 3.8) is 0 Å². The summed E-state index contributed by atoms with van der Waals surface area (Å²) >= 11 is 0. The van der Waals surface area contributed by atoms with E-state index in [4.69, 9.17) is 4.74 Å². The molecule has 30 heavy (non-hydrogen) atoms. The van der Waals surface area contributed by atoms with E-state index in [-0.39, 0.29) is 23.9 Å². The molecule has 1 unspecified atom stereocenters. The van der Waals surface area contributed by atoms with Crippen molar-refractivity contribution in [1.82, 2.24) is 20.2 Å². The van der Waals surface area contributed by atoms with Crippen LogP contribution in [0.15, 0.2) is 60.8 Å². The number of benzene rings is 2. The predicted molar refractivity (Wildman–Crippen MR) is 114 cm³/mol. The summed E-state index contributed by atoms with van der Waals surface area (Å²) in [6.07, 6.45) is 1.30. The van der Waals surface area contributed by atoms with E-state index in [1.807, 2.05) is 54.6 Å². The van der Waals surface area contributed by atoms with E-state index in [9.17, 15) is 9.90 Å². The zero-order chi connectivity index (χ0) is 20.9. The van der Waals surface area contributed by atoms with Crippen LogP contribution in [0.2, 0.25) is 0 Å². The Bertz CT molecular complexity index is 998. The smallest absolute Gasteiger partial charge is 0.317 e. The number of amides is 1. The van der Waals surface area contributed by atoms with Crippen molar-refractivity contribution < 1.29 is 14.6 Å². The number of aliphatic hydroxyl groups excluding tert-OH is 1. The van der Waals surface area contributed by atoms with Crippen LogP contribution in [0.5, 0.6) is 6.01 Å².